The second-order valence-corrected chi connectivity index (χ2v) is 2.97. The smallest absolute Gasteiger partial charge is 0.211 e. The molecule has 0 spiro atoms. The van der Waals surface area contributed by atoms with Gasteiger partial charge in [-0.05, 0) is 5.56 Å². The Bertz CT molecular complexity index is 370. The summed E-state index contributed by atoms with van der Waals surface area (Å²) in [6, 6.07) is 9.48. The summed E-state index contributed by atoms with van der Waals surface area (Å²) in [5.74, 6) is -0.0610. The molecule has 0 saturated heterocycles. The fourth-order valence-corrected chi connectivity index (χ4v) is 1.29. The van der Waals surface area contributed by atoms with Crippen LogP contribution in [0.1, 0.15) is 11.5 Å². The Hall–Kier alpha value is -2.02. The van der Waals surface area contributed by atoms with Crippen molar-refractivity contribution in [3.05, 3.63) is 35.9 Å². The first-order valence-electron chi connectivity index (χ1n) is 4.50. The van der Waals surface area contributed by atoms with E-state index >= 15 is 0 Å². The molecule has 0 heterocycles. The van der Waals surface area contributed by atoms with E-state index in [4.69, 9.17) is 0 Å². The molecule has 1 aromatic carbocycles. The Labute approximate surface area is 87.4 Å². The van der Waals surface area contributed by atoms with Crippen LogP contribution in [0.4, 0.5) is 0 Å². The quantitative estimate of drug-likeness (QED) is 0.535. The topological polar surface area (TPSA) is 58.9 Å². The number of isocyanates is 2. The lowest BCUT2D eigenvalue weighted by molar-refractivity contribution is 0.557. The normalized spacial score (nSPS) is 10.9. The zero-order valence-corrected chi connectivity index (χ0v) is 8.09. The molecule has 0 fully saturated rings. The highest BCUT2D eigenvalue weighted by Gasteiger charge is 2.09. The summed E-state index contributed by atoms with van der Waals surface area (Å²) < 4.78 is 0. The number of hydrogen-bond acceptors (Lipinski definition) is 4. The Balaban J connectivity index is 2.79. The van der Waals surface area contributed by atoms with E-state index in [1.807, 2.05) is 30.3 Å². The number of rotatable bonds is 5. The predicted octanol–water partition coefficient (Wildman–Crippen LogP) is 1.44. The molecule has 1 aromatic rings. The van der Waals surface area contributed by atoms with Crippen LogP contribution in [0, 0.1) is 0 Å². The van der Waals surface area contributed by atoms with Gasteiger partial charge in [0.05, 0.1) is 13.1 Å². The molecule has 0 bridgehead atoms. The molecule has 0 aliphatic carbocycles. The van der Waals surface area contributed by atoms with Crippen molar-refractivity contribution < 1.29 is 9.59 Å². The van der Waals surface area contributed by atoms with Crippen molar-refractivity contribution in [2.45, 2.75) is 5.92 Å². The summed E-state index contributed by atoms with van der Waals surface area (Å²) in [4.78, 5) is 27.0. The summed E-state index contributed by atoms with van der Waals surface area (Å²) in [6.07, 6.45) is 2.96. The van der Waals surface area contributed by atoms with Gasteiger partial charge >= 0.3 is 0 Å². The van der Waals surface area contributed by atoms with Gasteiger partial charge in [-0.1, -0.05) is 30.3 Å². The van der Waals surface area contributed by atoms with Gasteiger partial charge in [0.1, 0.15) is 0 Å². The fraction of sp³-hybridized carbons (Fsp3) is 0.273. The second-order valence-electron chi connectivity index (χ2n) is 2.97. The third-order valence-electron chi connectivity index (χ3n) is 2.02. The number of carbonyl (C=O) groups excluding carboxylic acids is 2. The Morgan fingerprint density at radius 3 is 2.00 bits per heavy atom. The third-order valence-corrected chi connectivity index (χ3v) is 2.02. The summed E-state index contributed by atoms with van der Waals surface area (Å²) in [5, 5.41) is 0. The van der Waals surface area contributed by atoms with E-state index in [0.29, 0.717) is 13.1 Å². The van der Waals surface area contributed by atoms with Crippen molar-refractivity contribution in [2.75, 3.05) is 13.1 Å². The summed E-state index contributed by atoms with van der Waals surface area (Å²) in [5.41, 5.74) is 0.996. The van der Waals surface area contributed by atoms with Gasteiger partial charge < -0.3 is 0 Å². The highest BCUT2D eigenvalue weighted by atomic mass is 16.1. The summed E-state index contributed by atoms with van der Waals surface area (Å²) in [7, 11) is 0. The molecule has 4 heteroatoms. The van der Waals surface area contributed by atoms with Crippen LogP contribution in [0.2, 0.25) is 0 Å². The Kier molecular flexibility index (Phi) is 4.74. The van der Waals surface area contributed by atoms with E-state index in [0.717, 1.165) is 5.56 Å². The third kappa shape index (κ3) is 3.69. The van der Waals surface area contributed by atoms with Gasteiger partial charge in [-0.25, -0.2) is 19.6 Å². The predicted molar refractivity (Wildman–Crippen MR) is 55.2 cm³/mol. The standard InChI is InChI=1S/C11H10N2O2/c14-8-12-6-11(7-13-9-15)10-4-2-1-3-5-10/h1-5,11H,6-7H2. The van der Waals surface area contributed by atoms with Crippen LogP contribution >= 0.6 is 0 Å². The average Bonchev–Trinajstić information content (AvgIpc) is 2.30. The molecule has 15 heavy (non-hydrogen) atoms. The Morgan fingerprint density at radius 1 is 1.00 bits per heavy atom. The van der Waals surface area contributed by atoms with Crippen molar-refractivity contribution in [1.82, 2.24) is 0 Å². The molecule has 0 unspecified atom stereocenters. The number of benzene rings is 1. The molecule has 0 radical (unpaired) electrons. The SMILES string of the molecule is O=C=NCC(CN=C=O)c1ccccc1. The zero-order chi connectivity index (χ0) is 10.9. The fourth-order valence-electron chi connectivity index (χ4n) is 1.29. The zero-order valence-electron chi connectivity index (χ0n) is 8.09. The first kappa shape index (κ1) is 11.1. The largest absolute Gasteiger partial charge is 0.234 e. The summed E-state index contributed by atoms with van der Waals surface area (Å²) in [6.45, 7) is 0.581. The van der Waals surface area contributed by atoms with Gasteiger partial charge in [0.25, 0.3) is 0 Å². The molecule has 0 amide bonds. The minimum Gasteiger partial charge on any atom is -0.211 e. The maximum absolute atomic E-state index is 10.0. The van der Waals surface area contributed by atoms with Crippen molar-refractivity contribution in [2.24, 2.45) is 9.98 Å². The van der Waals surface area contributed by atoms with Crippen molar-refractivity contribution in [3.63, 3.8) is 0 Å². The van der Waals surface area contributed by atoms with E-state index in [9.17, 15) is 9.59 Å². The maximum Gasteiger partial charge on any atom is 0.234 e. The van der Waals surface area contributed by atoms with Crippen LogP contribution in [0.5, 0.6) is 0 Å². The maximum atomic E-state index is 10.0. The lowest BCUT2D eigenvalue weighted by atomic mass is 10.00. The second kappa shape index (κ2) is 6.44. The molecule has 0 aromatic heterocycles. The molecule has 0 N–H and O–H groups in total. The Morgan fingerprint density at radius 2 is 1.53 bits per heavy atom. The van der Waals surface area contributed by atoms with Gasteiger partial charge in [-0.15, -0.1) is 0 Å². The van der Waals surface area contributed by atoms with Crippen LogP contribution < -0.4 is 0 Å². The first-order valence-corrected chi connectivity index (χ1v) is 4.50. The van der Waals surface area contributed by atoms with Crippen LogP contribution in [0.15, 0.2) is 40.3 Å². The van der Waals surface area contributed by atoms with Crippen molar-refractivity contribution >= 4 is 12.2 Å². The van der Waals surface area contributed by atoms with E-state index in [1.165, 1.54) is 12.2 Å². The number of aliphatic imine (C=N–C) groups is 2. The highest BCUT2D eigenvalue weighted by molar-refractivity contribution is 5.35. The number of hydrogen-bond donors (Lipinski definition) is 0. The van der Waals surface area contributed by atoms with E-state index in [-0.39, 0.29) is 5.92 Å². The number of nitrogens with zero attached hydrogens (tertiary/aromatic N) is 2. The lowest BCUT2D eigenvalue weighted by Crippen LogP contribution is -2.06. The summed E-state index contributed by atoms with van der Waals surface area (Å²) >= 11 is 0. The van der Waals surface area contributed by atoms with E-state index in [2.05, 4.69) is 9.98 Å². The molecular weight excluding hydrogens is 192 g/mol. The average molecular weight is 202 g/mol. The van der Waals surface area contributed by atoms with Crippen LogP contribution in [0.25, 0.3) is 0 Å². The molecule has 0 atom stereocenters. The first-order chi connectivity index (χ1) is 7.38. The van der Waals surface area contributed by atoms with Crippen LogP contribution in [0.3, 0.4) is 0 Å². The minimum atomic E-state index is -0.0610. The van der Waals surface area contributed by atoms with E-state index < -0.39 is 0 Å². The molecule has 0 aliphatic rings. The van der Waals surface area contributed by atoms with E-state index in [1.54, 1.807) is 0 Å². The van der Waals surface area contributed by atoms with Crippen LogP contribution in [-0.2, 0) is 9.59 Å². The van der Waals surface area contributed by atoms with Crippen molar-refractivity contribution in [3.8, 4) is 0 Å². The lowest BCUT2D eigenvalue weighted by Gasteiger charge is -2.10. The van der Waals surface area contributed by atoms with Crippen molar-refractivity contribution in [1.29, 1.82) is 0 Å². The van der Waals surface area contributed by atoms with Gasteiger partial charge in [0.2, 0.25) is 12.2 Å². The van der Waals surface area contributed by atoms with Gasteiger partial charge in [0.15, 0.2) is 0 Å². The van der Waals surface area contributed by atoms with Gasteiger partial charge in [-0.2, -0.15) is 0 Å². The molecule has 0 aliphatic heterocycles. The molecule has 76 valence electrons. The van der Waals surface area contributed by atoms with Crippen LogP contribution in [-0.4, -0.2) is 25.2 Å². The molecule has 0 saturated carbocycles. The molecule has 1 rings (SSSR count). The monoisotopic (exact) mass is 202 g/mol. The minimum absolute atomic E-state index is 0.0610. The highest BCUT2D eigenvalue weighted by Crippen LogP contribution is 2.15. The van der Waals surface area contributed by atoms with Gasteiger partial charge in [0, 0.05) is 5.92 Å². The molecule has 4 nitrogen and oxygen atoms in total. The molecular formula is C11H10N2O2. The van der Waals surface area contributed by atoms with Gasteiger partial charge in [-0.3, -0.25) is 0 Å².